The number of piperidine rings is 1. The first-order valence-electron chi connectivity index (χ1n) is 7.47. The lowest BCUT2D eigenvalue weighted by Gasteiger charge is -2.22. The zero-order valence-corrected chi connectivity index (χ0v) is 12.2. The minimum Gasteiger partial charge on any atom is -0.494 e. The number of benzene rings is 1. The van der Waals surface area contributed by atoms with Crippen LogP contribution in [0.25, 0.3) is 0 Å². The molecular weight excluding hydrogens is 252 g/mol. The highest BCUT2D eigenvalue weighted by Gasteiger charge is 2.16. The number of carbonyl (C=O) groups excluding carboxylic acids is 1. The van der Waals surface area contributed by atoms with E-state index in [4.69, 9.17) is 4.74 Å². The van der Waals surface area contributed by atoms with Gasteiger partial charge in [-0.3, -0.25) is 4.79 Å². The van der Waals surface area contributed by atoms with Gasteiger partial charge in [-0.25, -0.2) is 0 Å². The van der Waals surface area contributed by atoms with Crippen LogP contribution in [0.2, 0.25) is 0 Å². The number of hydrogen-bond donors (Lipinski definition) is 2. The molecule has 1 heterocycles. The summed E-state index contributed by atoms with van der Waals surface area (Å²) < 4.78 is 5.45. The fourth-order valence-corrected chi connectivity index (χ4v) is 2.55. The van der Waals surface area contributed by atoms with Gasteiger partial charge < -0.3 is 15.4 Å². The molecule has 1 saturated heterocycles. The third-order valence-electron chi connectivity index (χ3n) is 3.57. The Morgan fingerprint density at radius 1 is 1.50 bits per heavy atom. The van der Waals surface area contributed by atoms with Crippen molar-refractivity contribution in [3.8, 4) is 5.75 Å². The summed E-state index contributed by atoms with van der Waals surface area (Å²) in [5.74, 6) is 1.48. The third kappa shape index (κ3) is 4.85. The zero-order chi connectivity index (χ0) is 14.2. The van der Waals surface area contributed by atoms with Gasteiger partial charge in [0.1, 0.15) is 5.75 Å². The van der Waals surface area contributed by atoms with Gasteiger partial charge >= 0.3 is 0 Å². The number of ether oxygens (including phenoxy) is 1. The van der Waals surface area contributed by atoms with Crippen molar-refractivity contribution in [1.29, 1.82) is 0 Å². The first-order valence-corrected chi connectivity index (χ1v) is 7.47. The Balaban J connectivity index is 1.76. The lowest BCUT2D eigenvalue weighted by atomic mass is 9.96. The Labute approximate surface area is 120 Å². The van der Waals surface area contributed by atoms with E-state index in [0.717, 1.165) is 30.8 Å². The molecule has 2 rings (SSSR count). The molecule has 1 aliphatic rings. The summed E-state index contributed by atoms with van der Waals surface area (Å²) in [6.07, 6.45) is 2.95. The van der Waals surface area contributed by atoms with Crippen LogP contribution in [-0.4, -0.2) is 25.6 Å². The van der Waals surface area contributed by atoms with Crippen molar-refractivity contribution in [2.24, 2.45) is 5.92 Å². The fourth-order valence-electron chi connectivity index (χ4n) is 2.55. The van der Waals surface area contributed by atoms with Gasteiger partial charge in [0.25, 0.3) is 0 Å². The fraction of sp³-hybridized carbons (Fsp3) is 0.562. The van der Waals surface area contributed by atoms with Crippen molar-refractivity contribution in [2.75, 3.05) is 19.7 Å². The second-order valence-corrected chi connectivity index (χ2v) is 5.27. The monoisotopic (exact) mass is 276 g/mol. The number of hydrogen-bond acceptors (Lipinski definition) is 3. The van der Waals surface area contributed by atoms with Gasteiger partial charge in [0.15, 0.2) is 0 Å². The van der Waals surface area contributed by atoms with Crippen molar-refractivity contribution < 1.29 is 9.53 Å². The topological polar surface area (TPSA) is 50.4 Å². The standard InChI is InChI=1S/C16H24N2O2/c1-2-20-15-7-3-5-13(9-15)12-18-16(19)10-14-6-4-8-17-11-14/h3,5,7,9,14,17H,2,4,6,8,10-12H2,1H3,(H,18,19). The molecule has 1 fully saturated rings. The molecule has 0 saturated carbocycles. The van der Waals surface area contributed by atoms with E-state index in [1.54, 1.807) is 0 Å². The van der Waals surface area contributed by atoms with Gasteiger partial charge in [-0.15, -0.1) is 0 Å². The van der Waals surface area contributed by atoms with Crippen molar-refractivity contribution >= 4 is 5.91 Å². The number of rotatable bonds is 6. The molecule has 2 N–H and O–H groups in total. The van der Waals surface area contributed by atoms with E-state index in [1.165, 1.54) is 6.42 Å². The lowest BCUT2D eigenvalue weighted by Crippen LogP contribution is -2.34. The van der Waals surface area contributed by atoms with Crippen LogP contribution in [0, 0.1) is 5.92 Å². The van der Waals surface area contributed by atoms with Crippen molar-refractivity contribution in [3.05, 3.63) is 29.8 Å². The first-order chi connectivity index (χ1) is 9.78. The van der Waals surface area contributed by atoms with Gasteiger partial charge in [-0.05, 0) is 56.5 Å². The summed E-state index contributed by atoms with van der Waals surface area (Å²) >= 11 is 0. The van der Waals surface area contributed by atoms with Crippen LogP contribution in [0.15, 0.2) is 24.3 Å². The smallest absolute Gasteiger partial charge is 0.220 e. The molecule has 1 atom stereocenters. The molecule has 0 bridgehead atoms. The van der Waals surface area contributed by atoms with Crippen molar-refractivity contribution in [1.82, 2.24) is 10.6 Å². The third-order valence-corrected chi connectivity index (χ3v) is 3.57. The maximum Gasteiger partial charge on any atom is 0.220 e. The van der Waals surface area contributed by atoms with Gasteiger partial charge in [0, 0.05) is 13.0 Å². The molecule has 1 aromatic rings. The zero-order valence-electron chi connectivity index (χ0n) is 12.2. The van der Waals surface area contributed by atoms with Gasteiger partial charge in [0.05, 0.1) is 6.61 Å². The predicted octanol–water partition coefficient (Wildman–Crippen LogP) is 2.09. The normalized spacial score (nSPS) is 18.6. The number of nitrogens with one attached hydrogen (secondary N) is 2. The molecule has 1 aliphatic heterocycles. The molecule has 20 heavy (non-hydrogen) atoms. The molecule has 4 heteroatoms. The minimum atomic E-state index is 0.139. The summed E-state index contributed by atoms with van der Waals surface area (Å²) in [5.41, 5.74) is 1.08. The summed E-state index contributed by atoms with van der Waals surface area (Å²) in [5, 5.41) is 6.33. The van der Waals surface area contributed by atoms with E-state index in [2.05, 4.69) is 10.6 Å². The van der Waals surface area contributed by atoms with E-state index >= 15 is 0 Å². The molecule has 1 unspecified atom stereocenters. The van der Waals surface area contributed by atoms with Gasteiger partial charge in [0.2, 0.25) is 5.91 Å². The molecule has 0 aromatic heterocycles. The Bertz CT molecular complexity index is 428. The van der Waals surface area contributed by atoms with Crippen LogP contribution in [0.3, 0.4) is 0 Å². The summed E-state index contributed by atoms with van der Waals surface area (Å²) in [6.45, 7) is 5.24. The molecule has 4 nitrogen and oxygen atoms in total. The quantitative estimate of drug-likeness (QED) is 0.836. The summed E-state index contributed by atoms with van der Waals surface area (Å²) in [4.78, 5) is 11.9. The Morgan fingerprint density at radius 2 is 2.40 bits per heavy atom. The highest BCUT2D eigenvalue weighted by Crippen LogP contribution is 2.15. The predicted molar refractivity (Wildman–Crippen MR) is 79.7 cm³/mol. The highest BCUT2D eigenvalue weighted by molar-refractivity contribution is 5.76. The largest absolute Gasteiger partial charge is 0.494 e. The van der Waals surface area contributed by atoms with Crippen LogP contribution in [0.4, 0.5) is 0 Å². The average Bonchev–Trinajstić information content (AvgIpc) is 2.47. The highest BCUT2D eigenvalue weighted by atomic mass is 16.5. The van der Waals surface area contributed by atoms with E-state index in [1.807, 2.05) is 31.2 Å². The molecule has 110 valence electrons. The maximum absolute atomic E-state index is 11.9. The molecule has 1 amide bonds. The SMILES string of the molecule is CCOc1cccc(CNC(=O)CC2CCCNC2)c1. The molecule has 1 aromatic carbocycles. The van der Waals surface area contributed by atoms with Crippen LogP contribution < -0.4 is 15.4 Å². The summed E-state index contributed by atoms with van der Waals surface area (Å²) in [7, 11) is 0. The van der Waals surface area contributed by atoms with E-state index in [0.29, 0.717) is 25.5 Å². The van der Waals surface area contributed by atoms with Gasteiger partial charge in [-0.2, -0.15) is 0 Å². The van der Waals surface area contributed by atoms with Crippen molar-refractivity contribution in [3.63, 3.8) is 0 Å². The Morgan fingerprint density at radius 3 is 3.15 bits per heavy atom. The minimum absolute atomic E-state index is 0.139. The maximum atomic E-state index is 11.9. The van der Waals surface area contributed by atoms with Crippen LogP contribution in [0.5, 0.6) is 5.75 Å². The summed E-state index contributed by atoms with van der Waals surface area (Å²) in [6, 6.07) is 7.87. The molecule has 0 aliphatic carbocycles. The molecule has 0 radical (unpaired) electrons. The Kier molecular flexibility index (Phi) is 5.87. The van der Waals surface area contributed by atoms with Crippen molar-refractivity contribution in [2.45, 2.75) is 32.7 Å². The second-order valence-electron chi connectivity index (χ2n) is 5.27. The second kappa shape index (κ2) is 7.90. The van der Waals surface area contributed by atoms with E-state index < -0.39 is 0 Å². The lowest BCUT2D eigenvalue weighted by molar-refractivity contribution is -0.122. The molecular formula is C16H24N2O2. The number of carbonyl (C=O) groups is 1. The Hall–Kier alpha value is -1.55. The molecule has 0 spiro atoms. The van der Waals surface area contributed by atoms with Gasteiger partial charge in [-0.1, -0.05) is 12.1 Å². The number of amides is 1. The first kappa shape index (κ1) is 14.9. The van der Waals surface area contributed by atoms with E-state index in [-0.39, 0.29) is 5.91 Å². The van der Waals surface area contributed by atoms with Crippen LogP contribution in [0.1, 0.15) is 31.7 Å². The van der Waals surface area contributed by atoms with Crippen LogP contribution >= 0.6 is 0 Å². The van der Waals surface area contributed by atoms with Crippen LogP contribution in [-0.2, 0) is 11.3 Å². The van der Waals surface area contributed by atoms with E-state index in [9.17, 15) is 4.79 Å². The average molecular weight is 276 g/mol.